The molecule has 0 aliphatic heterocycles. The maximum absolute atomic E-state index is 12.7. The summed E-state index contributed by atoms with van der Waals surface area (Å²) < 4.78 is 14.5. The summed E-state index contributed by atoms with van der Waals surface area (Å²) in [4.78, 5) is 0. The first kappa shape index (κ1) is 10.9. The molecular weight excluding hydrogens is 203 g/mol. The molecule has 0 radical (unpaired) electrons. The van der Waals surface area contributed by atoms with E-state index in [2.05, 4.69) is 18.9 Å². The Bertz CT molecular complexity index is 457. The van der Waals surface area contributed by atoms with Gasteiger partial charge < -0.3 is 0 Å². The van der Waals surface area contributed by atoms with Crippen LogP contribution in [0.3, 0.4) is 0 Å². The van der Waals surface area contributed by atoms with Gasteiger partial charge in [0, 0.05) is 6.20 Å². The molecule has 0 aliphatic carbocycles. The van der Waals surface area contributed by atoms with Crippen molar-refractivity contribution in [1.29, 1.82) is 0 Å². The predicted octanol–water partition coefficient (Wildman–Crippen LogP) is 3.21. The zero-order valence-electron chi connectivity index (χ0n) is 9.52. The number of halogens is 1. The van der Waals surface area contributed by atoms with Crippen molar-refractivity contribution in [3.8, 4) is 5.69 Å². The standard InChI is InChI=1S/C13H15FN2/c1-10(2)9-12-7-8-16(15-12)13-5-3-11(14)4-6-13/h3-8,10H,9H2,1-2H3. The summed E-state index contributed by atoms with van der Waals surface area (Å²) in [6.45, 7) is 4.33. The van der Waals surface area contributed by atoms with E-state index in [1.165, 1.54) is 12.1 Å². The number of rotatable bonds is 3. The van der Waals surface area contributed by atoms with Crippen molar-refractivity contribution in [3.05, 3.63) is 48.0 Å². The highest BCUT2D eigenvalue weighted by molar-refractivity contribution is 5.31. The Morgan fingerprint density at radius 3 is 2.50 bits per heavy atom. The average molecular weight is 218 g/mol. The second-order valence-electron chi connectivity index (χ2n) is 4.33. The van der Waals surface area contributed by atoms with Crippen molar-refractivity contribution in [3.63, 3.8) is 0 Å². The molecular formula is C13H15FN2. The van der Waals surface area contributed by atoms with Crippen molar-refractivity contribution < 1.29 is 4.39 Å². The molecule has 3 heteroatoms. The molecule has 0 aliphatic rings. The van der Waals surface area contributed by atoms with Gasteiger partial charge in [0.1, 0.15) is 5.82 Å². The van der Waals surface area contributed by atoms with E-state index in [9.17, 15) is 4.39 Å². The van der Waals surface area contributed by atoms with E-state index >= 15 is 0 Å². The van der Waals surface area contributed by atoms with Gasteiger partial charge in [-0.3, -0.25) is 0 Å². The lowest BCUT2D eigenvalue weighted by atomic mass is 10.1. The smallest absolute Gasteiger partial charge is 0.123 e. The molecule has 2 rings (SSSR count). The van der Waals surface area contributed by atoms with Gasteiger partial charge in [0.15, 0.2) is 0 Å². The zero-order valence-corrected chi connectivity index (χ0v) is 9.52. The minimum absolute atomic E-state index is 0.224. The van der Waals surface area contributed by atoms with Gasteiger partial charge in [0.2, 0.25) is 0 Å². The van der Waals surface area contributed by atoms with Gasteiger partial charge >= 0.3 is 0 Å². The molecule has 0 unspecified atom stereocenters. The largest absolute Gasteiger partial charge is 0.241 e. The molecule has 0 saturated heterocycles. The lowest BCUT2D eigenvalue weighted by Crippen LogP contribution is -1.99. The Labute approximate surface area is 94.7 Å². The van der Waals surface area contributed by atoms with Gasteiger partial charge in [-0.15, -0.1) is 0 Å². The lowest BCUT2D eigenvalue weighted by molar-refractivity contribution is 0.624. The van der Waals surface area contributed by atoms with Gasteiger partial charge in [-0.2, -0.15) is 5.10 Å². The van der Waals surface area contributed by atoms with Crippen LogP contribution in [-0.4, -0.2) is 9.78 Å². The maximum atomic E-state index is 12.7. The quantitative estimate of drug-likeness (QED) is 0.773. The van der Waals surface area contributed by atoms with Crippen LogP contribution in [0.2, 0.25) is 0 Å². The molecule has 0 amide bonds. The monoisotopic (exact) mass is 218 g/mol. The molecule has 2 nitrogen and oxygen atoms in total. The van der Waals surface area contributed by atoms with E-state index in [1.54, 1.807) is 16.8 Å². The zero-order chi connectivity index (χ0) is 11.5. The third-order valence-electron chi connectivity index (χ3n) is 2.35. The highest BCUT2D eigenvalue weighted by Crippen LogP contribution is 2.11. The predicted molar refractivity (Wildman–Crippen MR) is 62.1 cm³/mol. The molecule has 2 aromatic rings. The SMILES string of the molecule is CC(C)Cc1ccn(-c2ccc(F)cc2)n1. The van der Waals surface area contributed by atoms with E-state index < -0.39 is 0 Å². The molecule has 16 heavy (non-hydrogen) atoms. The van der Waals surface area contributed by atoms with Crippen LogP contribution in [0.15, 0.2) is 36.5 Å². The summed E-state index contributed by atoms with van der Waals surface area (Å²) in [5.41, 5.74) is 1.95. The summed E-state index contributed by atoms with van der Waals surface area (Å²) in [5, 5.41) is 4.44. The van der Waals surface area contributed by atoms with E-state index in [1.807, 2.05) is 12.3 Å². The van der Waals surface area contributed by atoms with Crippen LogP contribution in [0.4, 0.5) is 4.39 Å². The Morgan fingerprint density at radius 1 is 1.19 bits per heavy atom. The molecule has 1 heterocycles. The number of hydrogen-bond acceptors (Lipinski definition) is 1. The second kappa shape index (κ2) is 4.47. The fourth-order valence-electron chi connectivity index (χ4n) is 1.63. The molecule has 0 spiro atoms. The maximum Gasteiger partial charge on any atom is 0.123 e. The van der Waals surface area contributed by atoms with E-state index in [-0.39, 0.29) is 5.82 Å². The average Bonchev–Trinajstić information content (AvgIpc) is 2.66. The third kappa shape index (κ3) is 2.48. The van der Waals surface area contributed by atoms with Crippen molar-refractivity contribution in [1.82, 2.24) is 9.78 Å². The van der Waals surface area contributed by atoms with Crippen molar-refractivity contribution >= 4 is 0 Å². The van der Waals surface area contributed by atoms with Crippen LogP contribution < -0.4 is 0 Å². The van der Waals surface area contributed by atoms with Crippen molar-refractivity contribution in [2.45, 2.75) is 20.3 Å². The molecule has 84 valence electrons. The number of nitrogens with zero attached hydrogens (tertiary/aromatic N) is 2. The first-order chi connectivity index (χ1) is 7.65. The number of hydrogen-bond donors (Lipinski definition) is 0. The van der Waals surface area contributed by atoms with E-state index in [0.29, 0.717) is 5.92 Å². The van der Waals surface area contributed by atoms with Gasteiger partial charge in [0.05, 0.1) is 11.4 Å². The van der Waals surface area contributed by atoms with Crippen LogP contribution in [0.1, 0.15) is 19.5 Å². The molecule has 1 aromatic heterocycles. The lowest BCUT2D eigenvalue weighted by Gasteiger charge is -2.02. The molecule has 0 saturated carbocycles. The number of aromatic nitrogens is 2. The van der Waals surface area contributed by atoms with Gasteiger partial charge in [-0.25, -0.2) is 9.07 Å². The topological polar surface area (TPSA) is 17.8 Å². The summed E-state index contributed by atoms with van der Waals surface area (Å²) in [7, 11) is 0. The fraction of sp³-hybridized carbons (Fsp3) is 0.308. The minimum Gasteiger partial charge on any atom is -0.241 e. The summed E-state index contributed by atoms with van der Waals surface area (Å²) >= 11 is 0. The Balaban J connectivity index is 2.21. The normalized spacial score (nSPS) is 11.0. The first-order valence-electron chi connectivity index (χ1n) is 5.45. The van der Waals surface area contributed by atoms with Crippen LogP contribution in [0.25, 0.3) is 5.69 Å². The third-order valence-corrected chi connectivity index (χ3v) is 2.35. The Morgan fingerprint density at radius 2 is 1.88 bits per heavy atom. The van der Waals surface area contributed by atoms with Crippen LogP contribution in [0.5, 0.6) is 0 Å². The molecule has 0 N–H and O–H groups in total. The number of benzene rings is 1. The van der Waals surface area contributed by atoms with Crippen LogP contribution in [-0.2, 0) is 6.42 Å². The van der Waals surface area contributed by atoms with Gasteiger partial charge in [-0.1, -0.05) is 13.8 Å². The van der Waals surface area contributed by atoms with Gasteiger partial charge in [0.25, 0.3) is 0 Å². The van der Waals surface area contributed by atoms with Crippen molar-refractivity contribution in [2.75, 3.05) is 0 Å². The van der Waals surface area contributed by atoms with Crippen LogP contribution in [0, 0.1) is 11.7 Å². The highest BCUT2D eigenvalue weighted by Gasteiger charge is 2.03. The summed E-state index contributed by atoms with van der Waals surface area (Å²) in [5.74, 6) is 0.370. The second-order valence-corrected chi connectivity index (χ2v) is 4.33. The first-order valence-corrected chi connectivity index (χ1v) is 5.45. The van der Waals surface area contributed by atoms with Gasteiger partial charge in [-0.05, 0) is 42.7 Å². The molecule has 0 atom stereocenters. The minimum atomic E-state index is -0.224. The van der Waals surface area contributed by atoms with Crippen molar-refractivity contribution in [2.24, 2.45) is 5.92 Å². The van der Waals surface area contributed by atoms with E-state index in [4.69, 9.17) is 0 Å². The molecule has 0 fully saturated rings. The summed E-state index contributed by atoms with van der Waals surface area (Å²) in [6, 6.07) is 8.34. The van der Waals surface area contributed by atoms with Crippen LogP contribution >= 0.6 is 0 Å². The molecule has 1 aromatic carbocycles. The molecule has 0 bridgehead atoms. The highest BCUT2D eigenvalue weighted by atomic mass is 19.1. The Hall–Kier alpha value is -1.64. The fourth-order valence-corrected chi connectivity index (χ4v) is 1.63. The Kier molecular flexibility index (Phi) is 3.04. The van der Waals surface area contributed by atoms with E-state index in [0.717, 1.165) is 17.8 Å². The summed E-state index contributed by atoms with van der Waals surface area (Å²) in [6.07, 6.45) is 2.87.